The van der Waals surface area contributed by atoms with Crippen molar-refractivity contribution in [3.8, 4) is 0 Å². The molecule has 0 spiro atoms. The number of carbonyl (C=O) groups is 1. The molecule has 0 fully saturated rings. The molecule has 0 aliphatic carbocycles. The van der Waals surface area contributed by atoms with Crippen molar-refractivity contribution < 1.29 is 4.79 Å². The van der Waals surface area contributed by atoms with Crippen LogP contribution in [0.1, 0.15) is 19.8 Å². The quantitative estimate of drug-likeness (QED) is 0.745. The van der Waals surface area contributed by atoms with Gasteiger partial charge in [-0.25, -0.2) is 0 Å². The highest BCUT2D eigenvalue weighted by Crippen LogP contribution is 2.27. The summed E-state index contributed by atoms with van der Waals surface area (Å²) < 4.78 is 1.07. The minimum absolute atomic E-state index is 0.0701. The van der Waals surface area contributed by atoms with E-state index >= 15 is 0 Å². The first-order valence-electron chi connectivity index (χ1n) is 4.08. The fourth-order valence-corrected chi connectivity index (χ4v) is 2.32. The summed E-state index contributed by atoms with van der Waals surface area (Å²) in [7, 11) is 0. The Bertz CT molecular complexity index is 215. The first-order chi connectivity index (χ1) is 5.65. The number of carbonyl (C=O) groups excluding carboxylic acids is 1. The monoisotopic (exact) mass is 280 g/mol. The molecule has 4 heteroatoms. The molecule has 1 rings (SSSR count). The van der Waals surface area contributed by atoms with Crippen LogP contribution in [0.25, 0.3) is 0 Å². The average Bonchev–Trinajstić information content (AvgIpc) is 1.96. The average molecular weight is 280 g/mol. The van der Waals surface area contributed by atoms with E-state index < -0.39 is 0 Å². The summed E-state index contributed by atoms with van der Waals surface area (Å²) in [5.74, 6) is 0.243. The summed E-state index contributed by atoms with van der Waals surface area (Å²) in [6.45, 7) is 2.12. The zero-order valence-electron chi connectivity index (χ0n) is 7.01. The number of nitrogens with two attached hydrogens (primary N) is 1. The number of hydrogen-bond donors (Lipinski definition) is 2. The second kappa shape index (κ2) is 4.23. The van der Waals surface area contributed by atoms with Gasteiger partial charge in [0.2, 0.25) is 5.91 Å². The Labute approximate surface area is 85.9 Å². The molecule has 2 unspecified atom stereocenters. The second-order valence-electron chi connectivity index (χ2n) is 2.96. The van der Waals surface area contributed by atoms with Crippen molar-refractivity contribution in [2.24, 2.45) is 11.7 Å². The number of halogens is 1. The smallest absolute Gasteiger partial charge is 0.245 e. The van der Waals surface area contributed by atoms with Crippen LogP contribution in [0.2, 0.25) is 0 Å². The van der Waals surface area contributed by atoms with Crippen molar-refractivity contribution in [1.82, 2.24) is 5.32 Å². The maximum atomic E-state index is 11.0. The molecular formula is C8H13IN2O. The van der Waals surface area contributed by atoms with Gasteiger partial charge < -0.3 is 11.1 Å². The van der Waals surface area contributed by atoms with Crippen molar-refractivity contribution in [2.45, 2.75) is 25.9 Å². The predicted octanol–water partition coefficient (Wildman–Crippen LogP) is 1.14. The molecule has 2 atom stereocenters. The number of amides is 1. The first kappa shape index (κ1) is 9.98. The standard InChI is InChI=1S/C8H13IN2O/c1-2-3-5-6(9)4-7(12)11-8(5)10/h4-5,8H,2-3,10H2,1H3,(H,11,12). The number of rotatable bonds is 2. The van der Waals surface area contributed by atoms with Gasteiger partial charge in [0.1, 0.15) is 0 Å². The third-order valence-electron chi connectivity index (χ3n) is 1.97. The Kier molecular flexibility index (Phi) is 3.52. The van der Waals surface area contributed by atoms with Crippen molar-refractivity contribution >= 4 is 28.5 Å². The van der Waals surface area contributed by atoms with Crippen LogP contribution in [0, 0.1) is 5.92 Å². The lowest BCUT2D eigenvalue weighted by Crippen LogP contribution is -2.49. The highest BCUT2D eigenvalue weighted by atomic mass is 127. The van der Waals surface area contributed by atoms with Crippen LogP contribution in [0.3, 0.4) is 0 Å². The molecule has 1 aliphatic heterocycles. The lowest BCUT2D eigenvalue weighted by atomic mass is 9.97. The minimum Gasteiger partial charge on any atom is -0.337 e. The Morgan fingerprint density at radius 3 is 2.92 bits per heavy atom. The molecule has 0 radical (unpaired) electrons. The van der Waals surface area contributed by atoms with Crippen molar-refractivity contribution in [3.63, 3.8) is 0 Å². The third-order valence-corrected chi connectivity index (χ3v) is 3.08. The fourth-order valence-electron chi connectivity index (χ4n) is 1.34. The van der Waals surface area contributed by atoms with Crippen LogP contribution < -0.4 is 11.1 Å². The third kappa shape index (κ3) is 2.20. The molecule has 0 bridgehead atoms. The molecule has 0 aromatic rings. The van der Waals surface area contributed by atoms with E-state index in [9.17, 15) is 4.79 Å². The highest BCUT2D eigenvalue weighted by molar-refractivity contribution is 14.1. The maximum Gasteiger partial charge on any atom is 0.245 e. The largest absolute Gasteiger partial charge is 0.337 e. The van der Waals surface area contributed by atoms with Crippen molar-refractivity contribution in [2.75, 3.05) is 0 Å². The van der Waals surface area contributed by atoms with E-state index in [1.165, 1.54) is 0 Å². The summed E-state index contributed by atoms with van der Waals surface area (Å²) >= 11 is 2.19. The summed E-state index contributed by atoms with van der Waals surface area (Å²) in [4.78, 5) is 11.0. The first-order valence-corrected chi connectivity index (χ1v) is 5.16. The van der Waals surface area contributed by atoms with Gasteiger partial charge in [0, 0.05) is 15.6 Å². The summed E-state index contributed by atoms with van der Waals surface area (Å²) in [5.41, 5.74) is 5.77. The Hall–Kier alpha value is -0.100. The van der Waals surface area contributed by atoms with Crippen molar-refractivity contribution in [1.29, 1.82) is 0 Å². The van der Waals surface area contributed by atoms with Gasteiger partial charge in [-0.3, -0.25) is 4.79 Å². The molecule has 1 aliphatic rings. The van der Waals surface area contributed by atoms with Gasteiger partial charge in [-0.15, -0.1) is 0 Å². The van der Waals surface area contributed by atoms with Crippen LogP contribution in [0.4, 0.5) is 0 Å². The van der Waals surface area contributed by atoms with E-state index in [1.807, 2.05) is 0 Å². The molecule has 0 saturated carbocycles. The Balaban J connectivity index is 2.71. The van der Waals surface area contributed by atoms with Crippen molar-refractivity contribution in [3.05, 3.63) is 9.66 Å². The normalized spacial score (nSPS) is 29.6. The summed E-state index contributed by atoms with van der Waals surface area (Å²) in [6, 6.07) is 0. The number of nitrogens with one attached hydrogen (secondary N) is 1. The van der Waals surface area contributed by atoms with Gasteiger partial charge >= 0.3 is 0 Å². The van der Waals surface area contributed by atoms with Crippen LogP contribution in [-0.4, -0.2) is 12.1 Å². The lowest BCUT2D eigenvalue weighted by Gasteiger charge is -2.27. The molecule has 12 heavy (non-hydrogen) atoms. The zero-order chi connectivity index (χ0) is 9.14. The Morgan fingerprint density at radius 1 is 1.75 bits per heavy atom. The van der Waals surface area contributed by atoms with E-state index in [0.717, 1.165) is 16.4 Å². The van der Waals surface area contributed by atoms with Crippen LogP contribution in [-0.2, 0) is 4.79 Å². The highest BCUT2D eigenvalue weighted by Gasteiger charge is 2.25. The summed E-state index contributed by atoms with van der Waals surface area (Å²) in [6.07, 6.45) is 3.56. The molecule has 3 N–H and O–H groups in total. The maximum absolute atomic E-state index is 11.0. The van der Waals surface area contributed by atoms with Gasteiger partial charge in [-0.2, -0.15) is 0 Å². The molecular weight excluding hydrogens is 267 g/mol. The van der Waals surface area contributed by atoms with Crippen LogP contribution in [0.15, 0.2) is 9.66 Å². The molecule has 0 saturated heterocycles. The van der Waals surface area contributed by atoms with E-state index in [1.54, 1.807) is 6.08 Å². The van der Waals surface area contributed by atoms with E-state index in [4.69, 9.17) is 5.73 Å². The van der Waals surface area contributed by atoms with Gasteiger partial charge in [-0.05, 0) is 29.0 Å². The SMILES string of the molecule is CCCC1C(I)=CC(=O)NC1N. The molecule has 3 nitrogen and oxygen atoms in total. The van der Waals surface area contributed by atoms with Gasteiger partial charge in [0.15, 0.2) is 0 Å². The number of hydrogen-bond acceptors (Lipinski definition) is 2. The molecule has 68 valence electrons. The van der Waals surface area contributed by atoms with Gasteiger partial charge in [-0.1, -0.05) is 13.3 Å². The van der Waals surface area contributed by atoms with E-state index in [0.29, 0.717) is 5.92 Å². The molecule has 0 aromatic heterocycles. The fraction of sp³-hybridized carbons (Fsp3) is 0.625. The lowest BCUT2D eigenvalue weighted by molar-refractivity contribution is -0.117. The van der Waals surface area contributed by atoms with Gasteiger partial charge in [0.25, 0.3) is 0 Å². The van der Waals surface area contributed by atoms with E-state index in [-0.39, 0.29) is 12.1 Å². The van der Waals surface area contributed by atoms with Crippen LogP contribution >= 0.6 is 22.6 Å². The zero-order valence-corrected chi connectivity index (χ0v) is 9.17. The minimum atomic E-state index is -0.200. The molecule has 1 amide bonds. The topological polar surface area (TPSA) is 55.1 Å². The second-order valence-corrected chi connectivity index (χ2v) is 4.20. The molecule has 1 heterocycles. The Morgan fingerprint density at radius 2 is 2.42 bits per heavy atom. The predicted molar refractivity (Wildman–Crippen MR) is 56.6 cm³/mol. The van der Waals surface area contributed by atoms with Crippen LogP contribution in [0.5, 0.6) is 0 Å². The molecule has 0 aromatic carbocycles. The van der Waals surface area contributed by atoms with Gasteiger partial charge in [0.05, 0.1) is 6.17 Å². The summed E-state index contributed by atoms with van der Waals surface area (Å²) in [5, 5.41) is 2.70. The van der Waals surface area contributed by atoms with E-state index in [2.05, 4.69) is 34.8 Å².